The molecule has 8 nitrogen and oxygen atoms in total. The minimum atomic E-state index is -0.736. The quantitative estimate of drug-likeness (QED) is 0.335. The zero-order valence-corrected chi connectivity index (χ0v) is 19.2. The van der Waals surface area contributed by atoms with Gasteiger partial charge in [-0.15, -0.1) is 0 Å². The summed E-state index contributed by atoms with van der Waals surface area (Å²) in [5.41, 5.74) is 4.35. The zero-order valence-electron chi connectivity index (χ0n) is 18.5. The molecule has 10 heteroatoms. The van der Waals surface area contributed by atoms with Gasteiger partial charge >= 0.3 is 0 Å². The number of aliphatic hydroxyl groups excluding tert-OH is 1. The van der Waals surface area contributed by atoms with Crippen LogP contribution in [0.1, 0.15) is 28.8 Å². The number of halogens is 2. The third-order valence-corrected chi connectivity index (χ3v) is 5.80. The number of hydroxylamine groups is 1. The number of hydrogen-bond donors (Lipinski definition) is 4. The lowest BCUT2D eigenvalue weighted by Gasteiger charge is -2.17. The van der Waals surface area contributed by atoms with Gasteiger partial charge in [0.1, 0.15) is 5.52 Å². The van der Waals surface area contributed by atoms with Gasteiger partial charge in [0.15, 0.2) is 5.82 Å². The molecule has 4 rings (SSSR count). The second-order valence-corrected chi connectivity index (χ2v) is 8.80. The van der Waals surface area contributed by atoms with Crippen LogP contribution in [-0.4, -0.2) is 46.9 Å². The molecule has 176 valence electrons. The van der Waals surface area contributed by atoms with Crippen molar-refractivity contribution in [2.75, 3.05) is 25.5 Å². The fourth-order valence-corrected chi connectivity index (χ4v) is 3.85. The number of nitrogens with one attached hydrogen (secondary N) is 3. The molecule has 4 N–H and O–H groups in total. The molecule has 1 atom stereocenters. The maximum atomic E-state index is 15.9. The minimum Gasteiger partial charge on any atom is -0.390 e. The van der Waals surface area contributed by atoms with Crippen LogP contribution in [0.25, 0.3) is 11.0 Å². The van der Waals surface area contributed by atoms with Crippen LogP contribution in [0.15, 0.2) is 30.6 Å². The highest BCUT2D eigenvalue weighted by Gasteiger charge is 2.25. The number of aromatic nitrogens is 2. The lowest BCUT2D eigenvalue weighted by atomic mass is 10.1. The molecule has 1 heterocycles. The van der Waals surface area contributed by atoms with E-state index < -0.39 is 17.8 Å². The van der Waals surface area contributed by atoms with Crippen molar-refractivity contribution in [1.82, 2.24) is 20.3 Å². The SMILES string of the molecule is CNCC(O)Cn1cnc2cc(C(=O)NOCC3CC3)c(Nc3ccc(Cl)cc3C)c(F)c21. The summed E-state index contributed by atoms with van der Waals surface area (Å²) in [7, 11) is 1.72. The molecule has 1 aliphatic rings. The number of carbonyl (C=O) groups is 1. The zero-order chi connectivity index (χ0) is 23.5. The van der Waals surface area contributed by atoms with E-state index >= 15 is 4.39 Å². The first-order valence-electron chi connectivity index (χ1n) is 10.8. The Labute approximate surface area is 196 Å². The number of nitrogens with zero attached hydrogens (tertiary/aromatic N) is 2. The number of amides is 1. The Morgan fingerprint density at radius 1 is 1.39 bits per heavy atom. The van der Waals surface area contributed by atoms with Gasteiger partial charge in [-0.3, -0.25) is 9.63 Å². The van der Waals surface area contributed by atoms with E-state index in [1.807, 2.05) is 6.92 Å². The lowest BCUT2D eigenvalue weighted by Crippen LogP contribution is -2.28. The van der Waals surface area contributed by atoms with Crippen LogP contribution in [0.4, 0.5) is 15.8 Å². The van der Waals surface area contributed by atoms with Gasteiger partial charge in [-0.2, -0.15) is 0 Å². The topological polar surface area (TPSA) is 100 Å². The fourth-order valence-electron chi connectivity index (χ4n) is 3.62. The number of imidazole rings is 1. The molecule has 2 aromatic carbocycles. The third-order valence-electron chi connectivity index (χ3n) is 5.56. The van der Waals surface area contributed by atoms with E-state index in [1.54, 1.807) is 25.2 Å². The van der Waals surface area contributed by atoms with Crippen LogP contribution >= 0.6 is 11.6 Å². The highest BCUT2D eigenvalue weighted by molar-refractivity contribution is 6.30. The average molecular weight is 476 g/mol. The van der Waals surface area contributed by atoms with Crippen LogP contribution in [-0.2, 0) is 11.4 Å². The standard InChI is InChI=1S/C23H27ClFN5O3/c1-13-7-15(24)5-6-18(13)28-21-17(23(32)29-33-11-14-3-4-14)8-19-22(20(21)25)30(12-27-19)10-16(31)9-26-2/h5-8,12,14,16,26,28,31H,3-4,9-11H2,1-2H3,(H,29,32). The number of carbonyl (C=O) groups excluding carboxylic acids is 1. The van der Waals surface area contributed by atoms with Crippen molar-refractivity contribution >= 4 is 39.9 Å². The van der Waals surface area contributed by atoms with Crippen molar-refractivity contribution in [3.8, 4) is 0 Å². The summed E-state index contributed by atoms with van der Waals surface area (Å²) in [5.74, 6) is -0.766. The van der Waals surface area contributed by atoms with Crippen LogP contribution in [0, 0.1) is 18.7 Å². The smallest absolute Gasteiger partial charge is 0.277 e. The van der Waals surface area contributed by atoms with Gasteiger partial charge in [-0.1, -0.05) is 11.6 Å². The molecule has 1 saturated carbocycles. The van der Waals surface area contributed by atoms with Crippen LogP contribution in [0.5, 0.6) is 0 Å². The summed E-state index contributed by atoms with van der Waals surface area (Å²) >= 11 is 6.06. The summed E-state index contributed by atoms with van der Waals surface area (Å²) < 4.78 is 17.4. The number of benzene rings is 2. The van der Waals surface area contributed by atoms with Crippen LogP contribution in [0.3, 0.4) is 0 Å². The third kappa shape index (κ3) is 5.44. The highest BCUT2D eigenvalue weighted by Crippen LogP contribution is 2.33. The number of aryl methyl sites for hydroxylation is 1. The molecule has 0 bridgehead atoms. The molecule has 1 fully saturated rings. The summed E-state index contributed by atoms with van der Waals surface area (Å²) in [6, 6.07) is 6.67. The van der Waals surface area contributed by atoms with E-state index in [2.05, 4.69) is 21.1 Å². The van der Waals surface area contributed by atoms with Crippen molar-refractivity contribution in [2.45, 2.75) is 32.4 Å². The predicted molar refractivity (Wildman–Crippen MR) is 125 cm³/mol. The Morgan fingerprint density at radius 2 is 2.18 bits per heavy atom. The number of likely N-dealkylation sites (N-methyl/N-ethyl adjacent to an activating group) is 1. The number of rotatable bonds is 10. The van der Waals surface area contributed by atoms with E-state index in [-0.39, 0.29) is 23.3 Å². The first-order chi connectivity index (χ1) is 15.9. The van der Waals surface area contributed by atoms with Crippen molar-refractivity contribution in [2.24, 2.45) is 5.92 Å². The Hall–Kier alpha value is -2.72. The summed E-state index contributed by atoms with van der Waals surface area (Å²) in [4.78, 5) is 22.5. The number of aliphatic hydroxyl groups is 1. The molecule has 1 amide bonds. The van der Waals surface area contributed by atoms with Gasteiger partial charge in [0.05, 0.1) is 42.4 Å². The molecule has 1 aromatic heterocycles. The van der Waals surface area contributed by atoms with E-state index in [0.717, 1.165) is 18.4 Å². The molecule has 0 saturated heterocycles. The highest BCUT2D eigenvalue weighted by atomic mass is 35.5. The second-order valence-electron chi connectivity index (χ2n) is 8.36. The van der Waals surface area contributed by atoms with Gasteiger partial charge in [0, 0.05) is 17.3 Å². The Bertz CT molecular complexity index is 1160. The number of fused-ring (bicyclic) bond motifs is 1. The Kier molecular flexibility index (Phi) is 7.14. The van der Waals surface area contributed by atoms with Gasteiger partial charge in [-0.05, 0) is 62.6 Å². The van der Waals surface area contributed by atoms with Crippen molar-refractivity contribution < 1.29 is 19.1 Å². The van der Waals surface area contributed by atoms with Gasteiger partial charge in [0.2, 0.25) is 0 Å². The summed E-state index contributed by atoms with van der Waals surface area (Å²) in [6.07, 6.45) is 2.88. The van der Waals surface area contributed by atoms with Gasteiger partial charge < -0.3 is 20.3 Å². The molecule has 1 unspecified atom stereocenters. The first kappa shape index (κ1) is 23.4. The van der Waals surface area contributed by atoms with Crippen LogP contribution < -0.4 is 16.1 Å². The average Bonchev–Trinajstić information content (AvgIpc) is 3.50. The van der Waals surface area contributed by atoms with E-state index in [4.69, 9.17) is 16.4 Å². The molecule has 0 aliphatic heterocycles. The number of anilines is 2. The molecular weight excluding hydrogens is 449 g/mol. The van der Waals surface area contributed by atoms with Crippen molar-refractivity contribution in [3.05, 3.63) is 52.6 Å². The van der Waals surface area contributed by atoms with Gasteiger partial charge in [-0.25, -0.2) is 14.9 Å². The monoisotopic (exact) mass is 475 g/mol. The van der Waals surface area contributed by atoms with E-state index in [1.165, 1.54) is 17.0 Å². The lowest BCUT2D eigenvalue weighted by molar-refractivity contribution is 0.0271. The minimum absolute atomic E-state index is 0.00898. The van der Waals surface area contributed by atoms with Crippen molar-refractivity contribution in [1.29, 1.82) is 0 Å². The van der Waals surface area contributed by atoms with Crippen LogP contribution in [0.2, 0.25) is 5.02 Å². The van der Waals surface area contributed by atoms with Crippen molar-refractivity contribution in [3.63, 3.8) is 0 Å². The Morgan fingerprint density at radius 3 is 2.88 bits per heavy atom. The maximum absolute atomic E-state index is 15.9. The molecular formula is C23H27ClFN5O3. The van der Waals surface area contributed by atoms with E-state index in [9.17, 15) is 9.90 Å². The van der Waals surface area contributed by atoms with Gasteiger partial charge in [0.25, 0.3) is 5.91 Å². The molecule has 33 heavy (non-hydrogen) atoms. The fraction of sp³-hybridized carbons (Fsp3) is 0.391. The normalized spacial score (nSPS) is 14.5. The summed E-state index contributed by atoms with van der Waals surface area (Å²) in [6.45, 7) is 2.74. The Balaban J connectivity index is 1.73. The molecule has 1 aliphatic carbocycles. The predicted octanol–water partition coefficient (Wildman–Crippen LogP) is 3.53. The molecule has 3 aromatic rings. The number of hydrogen-bond acceptors (Lipinski definition) is 6. The molecule has 0 spiro atoms. The largest absolute Gasteiger partial charge is 0.390 e. The molecule has 0 radical (unpaired) electrons. The summed E-state index contributed by atoms with van der Waals surface area (Å²) in [5, 5.41) is 16.7. The first-order valence-corrected chi connectivity index (χ1v) is 11.2. The second kappa shape index (κ2) is 10.0. The maximum Gasteiger partial charge on any atom is 0.277 e. The van der Waals surface area contributed by atoms with E-state index in [0.29, 0.717) is 35.3 Å².